The van der Waals surface area contributed by atoms with E-state index in [4.69, 9.17) is 4.74 Å². The first-order chi connectivity index (χ1) is 13.6. The van der Waals surface area contributed by atoms with Crippen molar-refractivity contribution >= 4 is 11.8 Å². The third-order valence-electron chi connectivity index (χ3n) is 6.13. The molecule has 0 unspecified atom stereocenters. The number of hydrogen-bond donors (Lipinski definition) is 0. The first-order valence-electron chi connectivity index (χ1n) is 11.2. The summed E-state index contributed by atoms with van der Waals surface area (Å²) in [6, 6.07) is 9.60. The maximum absolute atomic E-state index is 12.8. The number of hydrogen-bond acceptors (Lipinski definition) is 4. The third kappa shape index (κ3) is 5.65. The number of piperazine rings is 1. The smallest absolute Gasteiger partial charge is 0.410 e. The molecule has 2 fully saturated rings. The van der Waals surface area contributed by atoms with Crippen LogP contribution in [0.5, 0.6) is 0 Å². The molecule has 2 heterocycles. The second-order valence-corrected chi connectivity index (χ2v) is 10.0. The van der Waals surface area contributed by atoms with E-state index in [1.807, 2.05) is 25.7 Å². The number of amides is 1. The molecule has 162 valence electrons. The van der Waals surface area contributed by atoms with Gasteiger partial charge in [-0.3, -0.25) is 4.90 Å². The third-order valence-corrected chi connectivity index (χ3v) is 6.13. The van der Waals surface area contributed by atoms with Gasteiger partial charge >= 0.3 is 6.09 Å². The van der Waals surface area contributed by atoms with E-state index in [0.29, 0.717) is 12.0 Å². The maximum atomic E-state index is 12.8. The van der Waals surface area contributed by atoms with Crippen LogP contribution in [-0.2, 0) is 4.74 Å². The lowest BCUT2D eigenvalue weighted by atomic mass is 9.90. The van der Waals surface area contributed by atoms with Crippen LogP contribution >= 0.6 is 0 Å². The summed E-state index contributed by atoms with van der Waals surface area (Å²) in [4.78, 5) is 19.8. The summed E-state index contributed by atoms with van der Waals surface area (Å²) in [5, 5.41) is 0. The number of rotatable bonds is 3. The van der Waals surface area contributed by atoms with Gasteiger partial charge in [0.05, 0.1) is 6.04 Å². The molecule has 0 aliphatic carbocycles. The highest BCUT2D eigenvalue weighted by atomic mass is 16.6. The Morgan fingerprint density at radius 1 is 1.03 bits per heavy atom. The fraction of sp³-hybridized carbons (Fsp3) is 0.708. The summed E-state index contributed by atoms with van der Waals surface area (Å²) in [6.07, 6.45) is 1.94. The average molecular weight is 402 g/mol. The van der Waals surface area contributed by atoms with Gasteiger partial charge in [0.1, 0.15) is 5.60 Å². The van der Waals surface area contributed by atoms with Gasteiger partial charge in [0.2, 0.25) is 0 Å². The van der Waals surface area contributed by atoms with Crippen molar-refractivity contribution in [3.63, 3.8) is 0 Å². The predicted octanol–water partition coefficient (Wildman–Crippen LogP) is 4.93. The van der Waals surface area contributed by atoms with Crippen LogP contribution in [0.3, 0.4) is 0 Å². The quantitative estimate of drug-likeness (QED) is 0.720. The molecule has 0 radical (unpaired) electrons. The van der Waals surface area contributed by atoms with Crippen molar-refractivity contribution in [1.82, 2.24) is 9.80 Å². The molecule has 2 saturated heterocycles. The largest absolute Gasteiger partial charge is 0.444 e. The summed E-state index contributed by atoms with van der Waals surface area (Å²) >= 11 is 0. The maximum Gasteiger partial charge on any atom is 0.410 e. The lowest BCUT2D eigenvalue weighted by Gasteiger charge is -2.40. The number of anilines is 1. The number of piperidine rings is 1. The molecule has 2 aliphatic heterocycles. The minimum atomic E-state index is -0.468. The SMILES string of the molecule is CC(C)N1CCN(c2ccc([C@H]3CC[C@H](C)CN3C(=O)OC(C)(C)C)cc2)CC1. The molecule has 0 N–H and O–H groups in total. The molecule has 1 aromatic carbocycles. The topological polar surface area (TPSA) is 36.0 Å². The van der Waals surface area contributed by atoms with Gasteiger partial charge in [-0.15, -0.1) is 0 Å². The molecule has 0 aromatic heterocycles. The lowest BCUT2D eigenvalue weighted by Crippen LogP contribution is -2.48. The summed E-state index contributed by atoms with van der Waals surface area (Å²) in [7, 11) is 0. The minimum absolute atomic E-state index is 0.105. The minimum Gasteiger partial charge on any atom is -0.444 e. The van der Waals surface area contributed by atoms with Crippen molar-refractivity contribution < 1.29 is 9.53 Å². The highest BCUT2D eigenvalue weighted by Crippen LogP contribution is 2.35. The number of nitrogens with zero attached hydrogens (tertiary/aromatic N) is 3. The standard InChI is InChI=1S/C24H39N3O2/c1-18(2)25-13-15-26(16-14-25)21-10-8-20(9-11-21)22-12-7-19(3)17-27(22)23(28)29-24(4,5)6/h8-11,18-19,22H,7,12-17H2,1-6H3/t19-,22+/m0/s1. The number of ether oxygens (including phenoxy) is 1. The summed E-state index contributed by atoms with van der Waals surface area (Å²) in [6.45, 7) is 17.7. The fourth-order valence-electron chi connectivity index (χ4n) is 4.43. The van der Waals surface area contributed by atoms with Gasteiger partial charge in [-0.1, -0.05) is 19.1 Å². The van der Waals surface area contributed by atoms with Gasteiger partial charge in [0.15, 0.2) is 0 Å². The molecular formula is C24H39N3O2. The molecule has 1 aromatic rings. The molecule has 1 amide bonds. The Morgan fingerprint density at radius 3 is 2.21 bits per heavy atom. The van der Waals surface area contributed by atoms with Gasteiger partial charge in [-0.2, -0.15) is 0 Å². The number of likely N-dealkylation sites (tertiary alicyclic amines) is 1. The van der Waals surface area contributed by atoms with Crippen molar-refractivity contribution in [2.75, 3.05) is 37.6 Å². The molecule has 0 spiro atoms. The Hall–Kier alpha value is -1.75. The van der Waals surface area contributed by atoms with E-state index >= 15 is 0 Å². The van der Waals surface area contributed by atoms with Crippen LogP contribution < -0.4 is 4.90 Å². The Labute approximate surface area is 177 Å². The highest BCUT2D eigenvalue weighted by molar-refractivity contribution is 5.69. The van der Waals surface area contributed by atoms with E-state index in [1.165, 1.54) is 11.3 Å². The summed E-state index contributed by atoms with van der Waals surface area (Å²) < 4.78 is 5.70. The zero-order valence-corrected chi connectivity index (χ0v) is 19.1. The Morgan fingerprint density at radius 2 is 1.66 bits per heavy atom. The van der Waals surface area contributed by atoms with E-state index < -0.39 is 5.60 Å². The van der Waals surface area contributed by atoms with Gasteiger partial charge < -0.3 is 14.5 Å². The predicted molar refractivity (Wildman–Crippen MR) is 119 cm³/mol. The molecular weight excluding hydrogens is 362 g/mol. The molecule has 3 rings (SSSR count). The van der Waals surface area contributed by atoms with Crippen molar-refractivity contribution in [2.24, 2.45) is 5.92 Å². The van der Waals surface area contributed by atoms with Crippen molar-refractivity contribution in [2.45, 2.75) is 72.1 Å². The summed E-state index contributed by atoms with van der Waals surface area (Å²) in [5.74, 6) is 0.510. The van der Waals surface area contributed by atoms with Gasteiger partial charge in [0.25, 0.3) is 0 Å². The van der Waals surface area contributed by atoms with Gasteiger partial charge in [0, 0.05) is 44.5 Å². The van der Waals surface area contributed by atoms with Crippen LogP contribution in [0.15, 0.2) is 24.3 Å². The molecule has 5 heteroatoms. The Kier molecular flexibility index (Phi) is 6.77. The first-order valence-corrected chi connectivity index (χ1v) is 11.2. The Balaban J connectivity index is 1.69. The van der Waals surface area contributed by atoms with E-state index in [1.54, 1.807) is 0 Å². The van der Waals surface area contributed by atoms with E-state index in [-0.39, 0.29) is 12.1 Å². The zero-order valence-electron chi connectivity index (χ0n) is 19.1. The highest BCUT2D eigenvalue weighted by Gasteiger charge is 2.34. The number of benzene rings is 1. The second kappa shape index (κ2) is 8.95. The normalized spacial score (nSPS) is 24.1. The molecule has 29 heavy (non-hydrogen) atoms. The number of carbonyl (C=O) groups is 1. The lowest BCUT2D eigenvalue weighted by molar-refractivity contribution is 0.00364. The van der Waals surface area contributed by atoms with Crippen LogP contribution in [0, 0.1) is 5.92 Å². The van der Waals surface area contributed by atoms with E-state index in [2.05, 4.69) is 54.8 Å². The van der Waals surface area contributed by atoms with E-state index in [0.717, 1.165) is 45.6 Å². The van der Waals surface area contributed by atoms with E-state index in [9.17, 15) is 4.79 Å². The van der Waals surface area contributed by atoms with Crippen LogP contribution in [-0.4, -0.2) is 60.3 Å². The first kappa shape index (κ1) is 21.9. The van der Waals surface area contributed by atoms with Crippen molar-refractivity contribution in [3.8, 4) is 0 Å². The van der Waals surface area contributed by atoms with Crippen LogP contribution in [0.1, 0.15) is 66.0 Å². The zero-order chi connectivity index (χ0) is 21.2. The van der Waals surface area contributed by atoms with Gasteiger partial charge in [-0.05, 0) is 71.1 Å². The monoisotopic (exact) mass is 401 g/mol. The van der Waals surface area contributed by atoms with Crippen LogP contribution in [0.2, 0.25) is 0 Å². The number of carbonyl (C=O) groups excluding carboxylic acids is 1. The second-order valence-electron chi connectivity index (χ2n) is 10.0. The molecule has 2 aliphatic rings. The molecule has 2 atom stereocenters. The molecule has 0 bridgehead atoms. The molecule has 5 nitrogen and oxygen atoms in total. The molecule has 0 saturated carbocycles. The summed E-state index contributed by atoms with van der Waals surface area (Å²) in [5.41, 5.74) is 2.03. The average Bonchev–Trinajstić information content (AvgIpc) is 2.67. The van der Waals surface area contributed by atoms with Crippen molar-refractivity contribution in [1.29, 1.82) is 0 Å². The van der Waals surface area contributed by atoms with Crippen molar-refractivity contribution in [3.05, 3.63) is 29.8 Å². The van der Waals surface area contributed by atoms with Gasteiger partial charge in [-0.25, -0.2) is 4.79 Å². The fourth-order valence-corrected chi connectivity index (χ4v) is 4.43. The van der Waals surface area contributed by atoms with Crippen LogP contribution in [0.25, 0.3) is 0 Å². The van der Waals surface area contributed by atoms with Crippen LogP contribution in [0.4, 0.5) is 10.5 Å². The Bertz CT molecular complexity index is 672.